The van der Waals surface area contributed by atoms with E-state index in [1.54, 1.807) is 0 Å². The first-order chi connectivity index (χ1) is 11.8. The minimum Gasteiger partial charge on any atom is -0.351 e. The Hall–Kier alpha value is -2.37. The predicted octanol–water partition coefficient (Wildman–Crippen LogP) is 3.01. The van der Waals surface area contributed by atoms with Gasteiger partial charge in [-0.3, -0.25) is 9.78 Å². The van der Waals surface area contributed by atoms with E-state index in [1.165, 1.54) is 18.3 Å². The van der Waals surface area contributed by atoms with Gasteiger partial charge in [0.1, 0.15) is 11.5 Å². The van der Waals surface area contributed by atoms with Gasteiger partial charge < -0.3 is 5.32 Å². The molecule has 1 aliphatic rings. The maximum absolute atomic E-state index is 13.5. The molecule has 1 amide bonds. The monoisotopic (exact) mass is 342 g/mol. The van der Waals surface area contributed by atoms with Crippen molar-refractivity contribution < 1.29 is 9.18 Å². The van der Waals surface area contributed by atoms with Crippen LogP contribution in [-0.2, 0) is 24.1 Å². The molecule has 2 heterocycles. The summed E-state index contributed by atoms with van der Waals surface area (Å²) in [6.45, 7) is 5.88. The van der Waals surface area contributed by atoms with Gasteiger partial charge in [0.25, 0.3) is 0 Å². The highest BCUT2D eigenvalue weighted by molar-refractivity contribution is 5.76. The minimum atomic E-state index is -0.361. The molecule has 3 rings (SSSR count). The van der Waals surface area contributed by atoms with Crippen molar-refractivity contribution in [1.82, 2.24) is 20.3 Å². The molecule has 0 radical (unpaired) electrons. The van der Waals surface area contributed by atoms with Crippen LogP contribution >= 0.6 is 0 Å². The van der Waals surface area contributed by atoms with Crippen LogP contribution in [0.25, 0.3) is 11.5 Å². The van der Waals surface area contributed by atoms with E-state index in [-0.39, 0.29) is 17.3 Å². The first kappa shape index (κ1) is 17.5. The summed E-state index contributed by atoms with van der Waals surface area (Å²) in [6, 6.07) is 2.64. The second kappa shape index (κ2) is 6.86. The fourth-order valence-electron chi connectivity index (χ4n) is 3.07. The molecule has 0 aromatic carbocycles. The van der Waals surface area contributed by atoms with Gasteiger partial charge in [0.05, 0.1) is 0 Å². The van der Waals surface area contributed by atoms with Gasteiger partial charge >= 0.3 is 0 Å². The number of fused-ring (bicyclic) bond motifs is 1. The number of halogens is 1. The van der Waals surface area contributed by atoms with Crippen LogP contribution in [0.4, 0.5) is 4.39 Å². The summed E-state index contributed by atoms with van der Waals surface area (Å²) in [6.07, 6.45) is 5.19. The van der Waals surface area contributed by atoms with Gasteiger partial charge in [-0.25, -0.2) is 14.4 Å². The second-order valence-electron chi connectivity index (χ2n) is 7.43. The Morgan fingerprint density at radius 3 is 2.80 bits per heavy atom. The van der Waals surface area contributed by atoms with E-state index in [9.17, 15) is 9.18 Å². The molecule has 2 aromatic rings. The molecule has 2 aromatic heterocycles. The molecule has 132 valence electrons. The molecule has 0 aliphatic heterocycles. The Bertz CT molecular complexity index is 798. The third-order valence-electron chi connectivity index (χ3n) is 4.07. The van der Waals surface area contributed by atoms with E-state index < -0.39 is 0 Å². The van der Waals surface area contributed by atoms with Crippen molar-refractivity contribution in [2.24, 2.45) is 0 Å². The Labute approximate surface area is 147 Å². The van der Waals surface area contributed by atoms with Gasteiger partial charge in [0.15, 0.2) is 5.82 Å². The summed E-state index contributed by atoms with van der Waals surface area (Å²) in [7, 11) is 0. The van der Waals surface area contributed by atoms with Crippen LogP contribution in [0.5, 0.6) is 0 Å². The number of nitrogens with zero attached hydrogens (tertiary/aromatic N) is 3. The quantitative estimate of drug-likeness (QED) is 0.927. The molecular weight excluding hydrogens is 319 g/mol. The third-order valence-corrected chi connectivity index (χ3v) is 4.07. The Kier molecular flexibility index (Phi) is 4.79. The lowest BCUT2D eigenvalue weighted by atomic mass is 10.1. The van der Waals surface area contributed by atoms with Gasteiger partial charge in [-0.2, -0.15) is 0 Å². The third kappa shape index (κ3) is 4.38. The van der Waals surface area contributed by atoms with Crippen LogP contribution in [0.1, 0.15) is 50.6 Å². The summed E-state index contributed by atoms with van der Waals surface area (Å²) in [5.41, 5.74) is 3.20. The molecule has 1 aliphatic carbocycles. The van der Waals surface area contributed by atoms with Crippen LogP contribution in [0.3, 0.4) is 0 Å². The van der Waals surface area contributed by atoms with E-state index in [1.807, 2.05) is 20.8 Å². The zero-order valence-corrected chi connectivity index (χ0v) is 14.9. The van der Waals surface area contributed by atoms with Crippen molar-refractivity contribution >= 4 is 5.91 Å². The summed E-state index contributed by atoms with van der Waals surface area (Å²) in [4.78, 5) is 25.5. The number of hydrogen-bond acceptors (Lipinski definition) is 4. The highest BCUT2D eigenvalue weighted by Gasteiger charge is 2.21. The van der Waals surface area contributed by atoms with Crippen molar-refractivity contribution in [3.63, 3.8) is 0 Å². The van der Waals surface area contributed by atoms with E-state index in [2.05, 4.69) is 20.3 Å². The Morgan fingerprint density at radius 2 is 2.08 bits per heavy atom. The fraction of sp³-hybridized carbons (Fsp3) is 0.474. The summed E-state index contributed by atoms with van der Waals surface area (Å²) >= 11 is 0. The van der Waals surface area contributed by atoms with E-state index >= 15 is 0 Å². The second-order valence-corrected chi connectivity index (χ2v) is 7.43. The first-order valence-corrected chi connectivity index (χ1v) is 8.63. The van der Waals surface area contributed by atoms with Crippen LogP contribution in [0.2, 0.25) is 0 Å². The number of carbonyl (C=O) groups is 1. The highest BCUT2D eigenvalue weighted by atomic mass is 19.1. The number of amides is 1. The molecule has 25 heavy (non-hydrogen) atoms. The number of aromatic nitrogens is 3. The van der Waals surface area contributed by atoms with E-state index in [0.29, 0.717) is 24.4 Å². The van der Waals surface area contributed by atoms with Gasteiger partial charge in [-0.05, 0) is 58.1 Å². The Balaban J connectivity index is 1.85. The molecule has 0 unspecified atom stereocenters. The number of carbonyl (C=O) groups excluding carboxylic acids is 1. The van der Waals surface area contributed by atoms with Crippen molar-refractivity contribution in [1.29, 1.82) is 0 Å². The average molecular weight is 342 g/mol. The maximum Gasteiger partial charge on any atom is 0.220 e. The fourth-order valence-corrected chi connectivity index (χ4v) is 3.07. The Morgan fingerprint density at radius 1 is 1.28 bits per heavy atom. The topological polar surface area (TPSA) is 67.8 Å². The standard InChI is InChI=1S/C19H23FN4O/c1-19(2,3)24-17(25)8-7-15-13-5-4-6-14(13)22-18(23-15)16-11-12(20)9-10-21-16/h9-11H,4-8H2,1-3H3,(H,24,25). The normalized spacial score (nSPS) is 13.6. The van der Waals surface area contributed by atoms with Gasteiger partial charge in [-0.1, -0.05) is 0 Å². The van der Waals surface area contributed by atoms with Crippen LogP contribution in [0.15, 0.2) is 18.3 Å². The lowest BCUT2D eigenvalue weighted by Crippen LogP contribution is -2.40. The predicted molar refractivity (Wildman–Crippen MR) is 93.5 cm³/mol. The number of nitrogens with one attached hydrogen (secondary N) is 1. The number of rotatable bonds is 4. The van der Waals surface area contributed by atoms with E-state index in [4.69, 9.17) is 0 Å². The lowest BCUT2D eigenvalue weighted by molar-refractivity contribution is -0.122. The maximum atomic E-state index is 13.5. The molecule has 6 heteroatoms. The van der Waals surface area contributed by atoms with Crippen molar-refractivity contribution in [3.05, 3.63) is 41.1 Å². The van der Waals surface area contributed by atoms with Crippen LogP contribution in [-0.4, -0.2) is 26.4 Å². The molecule has 0 atom stereocenters. The summed E-state index contributed by atoms with van der Waals surface area (Å²) < 4.78 is 13.5. The number of aryl methyl sites for hydroxylation is 2. The summed E-state index contributed by atoms with van der Waals surface area (Å²) in [5, 5.41) is 2.97. The largest absolute Gasteiger partial charge is 0.351 e. The number of hydrogen-bond donors (Lipinski definition) is 1. The molecule has 0 bridgehead atoms. The zero-order valence-electron chi connectivity index (χ0n) is 14.9. The molecular formula is C19H23FN4O. The van der Waals surface area contributed by atoms with Gasteiger partial charge in [0.2, 0.25) is 5.91 Å². The molecule has 5 nitrogen and oxygen atoms in total. The molecule has 0 spiro atoms. The smallest absolute Gasteiger partial charge is 0.220 e. The van der Waals surface area contributed by atoms with Crippen molar-refractivity contribution in [2.75, 3.05) is 0 Å². The minimum absolute atomic E-state index is 0.00305. The lowest BCUT2D eigenvalue weighted by Gasteiger charge is -2.20. The average Bonchev–Trinajstić information content (AvgIpc) is 2.99. The van der Waals surface area contributed by atoms with Crippen molar-refractivity contribution in [3.8, 4) is 11.5 Å². The molecule has 0 saturated heterocycles. The SMILES string of the molecule is CC(C)(C)NC(=O)CCc1nc(-c2cc(F)ccn2)nc2c1CCC2. The molecule has 1 N–H and O–H groups in total. The van der Waals surface area contributed by atoms with Crippen LogP contribution in [0, 0.1) is 5.82 Å². The summed E-state index contributed by atoms with van der Waals surface area (Å²) in [5.74, 6) is 0.0786. The number of pyridine rings is 1. The van der Waals surface area contributed by atoms with Crippen LogP contribution < -0.4 is 5.32 Å². The highest BCUT2D eigenvalue weighted by Crippen LogP contribution is 2.26. The van der Waals surface area contributed by atoms with Crippen molar-refractivity contribution in [2.45, 2.75) is 58.4 Å². The zero-order chi connectivity index (χ0) is 18.0. The van der Waals surface area contributed by atoms with Gasteiger partial charge in [-0.15, -0.1) is 0 Å². The molecule has 0 saturated carbocycles. The first-order valence-electron chi connectivity index (χ1n) is 8.63. The molecule has 0 fully saturated rings. The van der Waals surface area contributed by atoms with Gasteiger partial charge in [0, 0.05) is 35.6 Å². The van der Waals surface area contributed by atoms with E-state index in [0.717, 1.165) is 36.2 Å².